The van der Waals surface area contributed by atoms with Crippen LogP contribution in [0.4, 0.5) is 10.1 Å². The average molecular weight is 487 g/mol. The molecule has 32 heavy (non-hydrogen) atoms. The summed E-state index contributed by atoms with van der Waals surface area (Å²) in [6, 6.07) is 14.1. The number of ketones is 1. The molecule has 1 aromatic heterocycles. The Kier molecular flexibility index (Phi) is 6.74. The second-order valence-electron chi connectivity index (χ2n) is 6.62. The number of thioether (sulfide) groups is 1. The van der Waals surface area contributed by atoms with E-state index in [9.17, 15) is 14.0 Å². The predicted molar refractivity (Wildman–Crippen MR) is 128 cm³/mol. The smallest absolute Gasteiger partial charge is 0.283 e. The number of rotatable bonds is 6. The maximum Gasteiger partial charge on any atom is 0.283 e. The quantitative estimate of drug-likeness (QED) is 0.321. The largest absolute Gasteiger partial charge is 0.495 e. The molecule has 0 saturated heterocycles. The molecule has 0 radical (unpaired) electrons. The molecule has 0 N–H and O–H groups in total. The molecule has 2 aromatic carbocycles. The lowest BCUT2D eigenvalue weighted by molar-refractivity contribution is -0.113. The van der Waals surface area contributed by atoms with Crippen LogP contribution in [0, 0.1) is 5.82 Å². The maximum absolute atomic E-state index is 13.2. The van der Waals surface area contributed by atoms with E-state index in [-0.39, 0.29) is 23.1 Å². The zero-order valence-electron chi connectivity index (χ0n) is 16.7. The van der Waals surface area contributed by atoms with Crippen molar-refractivity contribution in [3.63, 3.8) is 0 Å². The van der Waals surface area contributed by atoms with Crippen molar-refractivity contribution in [1.82, 2.24) is 0 Å². The van der Waals surface area contributed by atoms with Crippen LogP contribution in [0.3, 0.4) is 0 Å². The number of halogens is 2. The van der Waals surface area contributed by atoms with Crippen molar-refractivity contribution in [3.05, 3.63) is 87.0 Å². The van der Waals surface area contributed by atoms with Crippen LogP contribution in [0.25, 0.3) is 6.08 Å². The third-order valence-corrected chi connectivity index (χ3v) is 6.60. The highest BCUT2D eigenvalue weighted by Gasteiger charge is 2.33. The minimum absolute atomic E-state index is 0.0322. The van der Waals surface area contributed by atoms with E-state index in [1.807, 2.05) is 17.5 Å². The molecular formula is C23H16ClFN2O3S2. The first kappa shape index (κ1) is 22.3. The fourth-order valence-electron chi connectivity index (χ4n) is 2.97. The van der Waals surface area contributed by atoms with E-state index in [4.69, 9.17) is 16.3 Å². The number of anilines is 1. The molecule has 0 atom stereocenters. The molecule has 1 amide bonds. The van der Waals surface area contributed by atoms with E-state index in [0.29, 0.717) is 27.2 Å². The van der Waals surface area contributed by atoms with E-state index < -0.39 is 5.82 Å². The monoisotopic (exact) mass is 486 g/mol. The Hall–Kier alpha value is -2.94. The number of carbonyl (C=O) groups is 2. The number of methoxy groups -OCH3 is 1. The van der Waals surface area contributed by atoms with Crippen molar-refractivity contribution < 1.29 is 18.7 Å². The van der Waals surface area contributed by atoms with Gasteiger partial charge in [0.15, 0.2) is 11.0 Å². The number of amides is 1. The summed E-state index contributed by atoms with van der Waals surface area (Å²) in [6.07, 6.45) is 1.71. The average Bonchev–Trinajstić information content (AvgIpc) is 3.41. The second kappa shape index (κ2) is 9.68. The molecule has 0 bridgehead atoms. The number of ether oxygens (including phenoxy) is 1. The molecule has 162 valence electrons. The van der Waals surface area contributed by atoms with Crippen LogP contribution in [0.2, 0.25) is 5.02 Å². The Morgan fingerprint density at radius 3 is 2.69 bits per heavy atom. The Morgan fingerprint density at radius 2 is 2.03 bits per heavy atom. The predicted octanol–water partition coefficient (Wildman–Crippen LogP) is 5.91. The van der Waals surface area contributed by atoms with E-state index in [1.54, 1.807) is 24.3 Å². The van der Waals surface area contributed by atoms with Crippen molar-refractivity contribution >= 4 is 63.3 Å². The van der Waals surface area contributed by atoms with Gasteiger partial charge in [-0.25, -0.2) is 9.38 Å². The Morgan fingerprint density at radius 1 is 1.25 bits per heavy atom. The molecular weight excluding hydrogens is 471 g/mol. The van der Waals surface area contributed by atoms with E-state index >= 15 is 0 Å². The van der Waals surface area contributed by atoms with Crippen molar-refractivity contribution in [2.45, 2.75) is 0 Å². The van der Waals surface area contributed by atoms with E-state index in [0.717, 1.165) is 16.6 Å². The molecule has 3 aromatic rings. The number of amidine groups is 1. The normalized spacial score (nSPS) is 14.7. The lowest BCUT2D eigenvalue weighted by Gasteiger charge is -2.18. The maximum atomic E-state index is 13.2. The highest BCUT2D eigenvalue weighted by molar-refractivity contribution is 8.14. The molecule has 5 nitrogen and oxygen atoms in total. The summed E-state index contributed by atoms with van der Waals surface area (Å²) >= 11 is 8.89. The SMILES string of the molecule is COc1ccc(N2C(=O)/C(=C/c3cccs3)N=C2SCC(=O)c2ccc(F)cc2)cc1Cl. The van der Waals surface area contributed by atoms with Crippen LogP contribution in [-0.2, 0) is 4.79 Å². The van der Waals surface area contributed by atoms with Gasteiger partial charge < -0.3 is 4.74 Å². The van der Waals surface area contributed by atoms with Crippen molar-refractivity contribution in [1.29, 1.82) is 0 Å². The van der Waals surface area contributed by atoms with Gasteiger partial charge in [0.1, 0.15) is 17.3 Å². The molecule has 0 fully saturated rings. The minimum atomic E-state index is -0.411. The summed E-state index contributed by atoms with van der Waals surface area (Å²) in [5, 5.41) is 2.61. The Balaban J connectivity index is 1.63. The second-order valence-corrected chi connectivity index (χ2v) is 8.95. The number of hydrogen-bond acceptors (Lipinski definition) is 6. The molecule has 0 spiro atoms. The fourth-order valence-corrected chi connectivity index (χ4v) is 4.78. The zero-order valence-corrected chi connectivity index (χ0v) is 19.1. The summed E-state index contributed by atoms with van der Waals surface area (Å²) in [4.78, 5) is 32.6. The molecule has 1 aliphatic rings. The number of aliphatic imine (C=N–C) groups is 1. The summed E-state index contributed by atoms with van der Waals surface area (Å²) < 4.78 is 18.3. The number of hydrogen-bond donors (Lipinski definition) is 0. The molecule has 0 unspecified atom stereocenters. The van der Waals surface area contributed by atoms with Crippen molar-refractivity contribution in [2.24, 2.45) is 4.99 Å². The Labute approximate surface area is 197 Å². The molecule has 9 heteroatoms. The highest BCUT2D eigenvalue weighted by atomic mass is 35.5. The lowest BCUT2D eigenvalue weighted by atomic mass is 10.1. The molecule has 4 rings (SSSR count). The van der Waals surface area contributed by atoms with E-state index in [2.05, 4.69) is 4.99 Å². The molecule has 2 heterocycles. The number of benzene rings is 2. The van der Waals surface area contributed by atoms with Gasteiger partial charge in [-0.3, -0.25) is 14.5 Å². The third-order valence-electron chi connectivity index (χ3n) is 4.54. The summed E-state index contributed by atoms with van der Waals surface area (Å²) in [5.41, 5.74) is 1.16. The Bertz CT molecular complexity index is 1220. The van der Waals surface area contributed by atoms with Crippen LogP contribution >= 0.6 is 34.7 Å². The fraction of sp³-hybridized carbons (Fsp3) is 0.0870. The lowest BCUT2D eigenvalue weighted by Crippen LogP contribution is -2.30. The van der Waals surface area contributed by atoms with Gasteiger partial charge in [-0.15, -0.1) is 11.3 Å². The van der Waals surface area contributed by atoms with Gasteiger partial charge in [0.25, 0.3) is 5.91 Å². The van der Waals surface area contributed by atoms with Crippen LogP contribution in [0.5, 0.6) is 5.75 Å². The molecule has 0 aliphatic carbocycles. The zero-order chi connectivity index (χ0) is 22.7. The van der Waals surface area contributed by atoms with Crippen molar-refractivity contribution in [2.75, 3.05) is 17.8 Å². The van der Waals surface area contributed by atoms with E-state index in [1.165, 1.54) is 47.6 Å². The van der Waals surface area contributed by atoms with Crippen LogP contribution < -0.4 is 9.64 Å². The van der Waals surface area contributed by atoms with Gasteiger partial charge in [0.2, 0.25) is 0 Å². The highest BCUT2D eigenvalue weighted by Crippen LogP contribution is 2.34. The molecule has 0 saturated carbocycles. The van der Waals surface area contributed by atoms with Gasteiger partial charge in [-0.1, -0.05) is 29.4 Å². The standard InChI is InChI=1S/C23H16ClFN2O3S2/c1-30-21-9-8-16(11-18(21)24)27-22(29)19(12-17-3-2-10-31-17)26-23(27)32-13-20(28)14-4-6-15(25)7-5-14/h2-12H,13H2,1H3/b19-12-. The van der Waals surface area contributed by atoms with Crippen molar-refractivity contribution in [3.8, 4) is 5.75 Å². The first-order chi connectivity index (χ1) is 15.5. The number of thiophene rings is 1. The number of nitrogens with zero attached hydrogens (tertiary/aromatic N) is 2. The van der Waals surface area contributed by atoms with Gasteiger partial charge >= 0.3 is 0 Å². The topological polar surface area (TPSA) is 59.0 Å². The summed E-state index contributed by atoms with van der Waals surface area (Å²) in [5.74, 6) is -0.422. The van der Waals surface area contributed by atoms with Gasteiger partial charge in [0.05, 0.1) is 23.6 Å². The third kappa shape index (κ3) is 4.77. The summed E-state index contributed by atoms with van der Waals surface area (Å²) in [7, 11) is 1.51. The summed E-state index contributed by atoms with van der Waals surface area (Å²) in [6.45, 7) is 0. The first-order valence-corrected chi connectivity index (χ1v) is 11.6. The van der Waals surface area contributed by atoms with Crippen LogP contribution in [0.15, 0.2) is 70.7 Å². The minimum Gasteiger partial charge on any atom is -0.495 e. The number of Topliss-reactive ketones (excluding diaryl/α,β-unsaturated/α-hetero) is 1. The first-order valence-electron chi connectivity index (χ1n) is 9.39. The van der Waals surface area contributed by atoms with Gasteiger partial charge in [0, 0.05) is 10.4 Å². The van der Waals surface area contributed by atoms with Gasteiger partial charge in [-0.05, 0) is 60.0 Å². The van der Waals surface area contributed by atoms with Crippen LogP contribution in [0.1, 0.15) is 15.2 Å². The molecule has 1 aliphatic heterocycles. The van der Waals surface area contributed by atoms with Crippen LogP contribution in [-0.4, -0.2) is 29.7 Å². The number of carbonyl (C=O) groups excluding carboxylic acids is 2. The van der Waals surface area contributed by atoms with Gasteiger partial charge in [-0.2, -0.15) is 0 Å².